The zero-order valence-electron chi connectivity index (χ0n) is 11.2. The zero-order valence-corrected chi connectivity index (χ0v) is 12.8. The van der Waals surface area contributed by atoms with Crippen molar-refractivity contribution in [3.8, 4) is 11.8 Å². The Morgan fingerprint density at radius 1 is 1.35 bits per heavy atom. The highest BCUT2D eigenvalue weighted by Gasteiger charge is 2.10. The van der Waals surface area contributed by atoms with E-state index in [-0.39, 0.29) is 5.15 Å². The average Bonchev–Trinajstić information content (AvgIpc) is 2.45. The van der Waals surface area contributed by atoms with E-state index in [4.69, 9.17) is 21.6 Å². The standard InChI is InChI=1S/C15H13ClN2OS/c1-10-7-14(13(8-17)15(16)18-10)20-9-11-3-5-12(19-2)6-4-11/h3-7H,9H2,1-2H3. The van der Waals surface area contributed by atoms with Gasteiger partial charge in [0.25, 0.3) is 0 Å². The van der Waals surface area contributed by atoms with Crippen LogP contribution in [-0.4, -0.2) is 12.1 Å². The summed E-state index contributed by atoms with van der Waals surface area (Å²) >= 11 is 7.57. The number of nitrogens with zero attached hydrogens (tertiary/aromatic N) is 2. The van der Waals surface area contributed by atoms with Crippen LogP contribution in [0.1, 0.15) is 16.8 Å². The molecule has 0 N–H and O–H groups in total. The van der Waals surface area contributed by atoms with Gasteiger partial charge in [-0.15, -0.1) is 11.8 Å². The van der Waals surface area contributed by atoms with Crippen molar-refractivity contribution in [3.05, 3.63) is 52.3 Å². The minimum absolute atomic E-state index is 0.268. The number of aromatic nitrogens is 1. The van der Waals surface area contributed by atoms with Crippen molar-refractivity contribution in [1.29, 1.82) is 5.26 Å². The molecule has 0 saturated heterocycles. The Hall–Kier alpha value is -1.70. The number of hydrogen-bond donors (Lipinski definition) is 0. The van der Waals surface area contributed by atoms with Crippen molar-refractivity contribution < 1.29 is 4.74 Å². The molecule has 0 atom stereocenters. The van der Waals surface area contributed by atoms with Crippen LogP contribution in [0.3, 0.4) is 0 Å². The molecule has 0 aliphatic carbocycles. The lowest BCUT2D eigenvalue weighted by molar-refractivity contribution is 0.414. The molecule has 0 radical (unpaired) electrons. The minimum Gasteiger partial charge on any atom is -0.497 e. The monoisotopic (exact) mass is 304 g/mol. The fraction of sp³-hybridized carbons (Fsp3) is 0.200. The fourth-order valence-electron chi connectivity index (χ4n) is 1.70. The van der Waals surface area contributed by atoms with Gasteiger partial charge in [0.05, 0.1) is 7.11 Å². The summed E-state index contributed by atoms with van der Waals surface area (Å²) in [4.78, 5) is 4.96. The topological polar surface area (TPSA) is 45.9 Å². The van der Waals surface area contributed by atoms with Crippen LogP contribution in [0.25, 0.3) is 0 Å². The van der Waals surface area contributed by atoms with Gasteiger partial charge in [0.1, 0.15) is 22.5 Å². The molecule has 102 valence electrons. The van der Waals surface area contributed by atoms with E-state index in [1.165, 1.54) is 0 Å². The Morgan fingerprint density at radius 2 is 2.05 bits per heavy atom. The molecule has 5 heteroatoms. The first-order valence-corrected chi connectivity index (χ1v) is 7.33. The van der Waals surface area contributed by atoms with Crippen molar-refractivity contribution in [2.45, 2.75) is 17.6 Å². The minimum atomic E-state index is 0.268. The third-order valence-electron chi connectivity index (χ3n) is 2.73. The molecule has 2 aromatic rings. The Labute approximate surface area is 127 Å². The molecule has 2 rings (SSSR count). The fourth-order valence-corrected chi connectivity index (χ4v) is 3.09. The summed E-state index contributed by atoms with van der Waals surface area (Å²) in [5.41, 5.74) is 2.41. The van der Waals surface area contributed by atoms with Gasteiger partial charge in [-0.2, -0.15) is 5.26 Å². The highest BCUT2D eigenvalue weighted by molar-refractivity contribution is 7.98. The van der Waals surface area contributed by atoms with Crippen LogP contribution in [-0.2, 0) is 5.75 Å². The molecule has 0 spiro atoms. The van der Waals surface area contributed by atoms with Gasteiger partial charge in [-0.25, -0.2) is 4.98 Å². The molecule has 3 nitrogen and oxygen atoms in total. The van der Waals surface area contributed by atoms with E-state index in [0.29, 0.717) is 5.56 Å². The molecule has 0 saturated carbocycles. The number of benzene rings is 1. The molecule has 0 unspecified atom stereocenters. The molecule has 0 aliphatic heterocycles. The van der Waals surface area contributed by atoms with Gasteiger partial charge in [-0.05, 0) is 30.7 Å². The maximum atomic E-state index is 9.15. The van der Waals surface area contributed by atoms with Gasteiger partial charge in [-0.1, -0.05) is 23.7 Å². The summed E-state index contributed by atoms with van der Waals surface area (Å²) in [6.45, 7) is 1.87. The Morgan fingerprint density at radius 3 is 2.65 bits per heavy atom. The van der Waals surface area contributed by atoms with Crippen molar-refractivity contribution in [2.24, 2.45) is 0 Å². The lowest BCUT2D eigenvalue weighted by Crippen LogP contribution is -1.91. The molecule has 1 aromatic carbocycles. The van der Waals surface area contributed by atoms with Crippen LogP contribution in [0.5, 0.6) is 5.75 Å². The summed E-state index contributed by atoms with van der Waals surface area (Å²) < 4.78 is 5.12. The zero-order chi connectivity index (χ0) is 14.5. The normalized spacial score (nSPS) is 10.1. The van der Waals surface area contributed by atoms with E-state index in [9.17, 15) is 0 Å². The smallest absolute Gasteiger partial charge is 0.148 e. The highest BCUT2D eigenvalue weighted by Crippen LogP contribution is 2.30. The number of hydrogen-bond acceptors (Lipinski definition) is 4. The first-order chi connectivity index (χ1) is 9.63. The molecule has 0 amide bonds. The maximum absolute atomic E-state index is 9.15. The molecular formula is C15H13ClN2OS. The van der Waals surface area contributed by atoms with Crippen molar-refractivity contribution >= 4 is 23.4 Å². The number of rotatable bonds is 4. The van der Waals surface area contributed by atoms with Crippen LogP contribution >= 0.6 is 23.4 Å². The lowest BCUT2D eigenvalue weighted by Gasteiger charge is -2.07. The number of methoxy groups -OCH3 is 1. The summed E-state index contributed by atoms with van der Waals surface area (Å²) in [6, 6.07) is 11.9. The van der Waals surface area contributed by atoms with E-state index in [0.717, 1.165) is 27.7 Å². The van der Waals surface area contributed by atoms with Crippen LogP contribution in [0, 0.1) is 18.3 Å². The molecule has 0 bridgehead atoms. The molecule has 20 heavy (non-hydrogen) atoms. The first-order valence-electron chi connectivity index (χ1n) is 5.97. The molecule has 0 fully saturated rings. The van der Waals surface area contributed by atoms with Crippen LogP contribution in [0.2, 0.25) is 5.15 Å². The van der Waals surface area contributed by atoms with E-state index in [1.807, 2.05) is 37.3 Å². The molecular weight excluding hydrogens is 292 g/mol. The predicted octanol–water partition coefficient (Wildman–Crippen LogP) is 4.22. The number of ether oxygens (including phenoxy) is 1. The van der Waals surface area contributed by atoms with Gasteiger partial charge in [0.2, 0.25) is 0 Å². The Bertz CT molecular complexity index is 650. The third-order valence-corrected chi connectivity index (χ3v) is 4.12. The molecule has 0 aliphatic rings. The summed E-state index contributed by atoms with van der Waals surface area (Å²) in [5, 5.41) is 9.42. The second-order valence-electron chi connectivity index (χ2n) is 4.18. The Balaban J connectivity index is 2.16. The predicted molar refractivity (Wildman–Crippen MR) is 81.3 cm³/mol. The second kappa shape index (κ2) is 6.65. The lowest BCUT2D eigenvalue weighted by atomic mass is 10.2. The molecule has 1 aromatic heterocycles. The SMILES string of the molecule is COc1ccc(CSc2cc(C)nc(Cl)c2C#N)cc1. The summed E-state index contributed by atoms with van der Waals surface area (Å²) in [7, 11) is 1.64. The van der Waals surface area contributed by atoms with E-state index < -0.39 is 0 Å². The summed E-state index contributed by atoms with van der Waals surface area (Å²) in [6.07, 6.45) is 0. The van der Waals surface area contributed by atoms with Crippen molar-refractivity contribution in [1.82, 2.24) is 4.98 Å². The quantitative estimate of drug-likeness (QED) is 0.627. The average molecular weight is 305 g/mol. The maximum Gasteiger partial charge on any atom is 0.148 e. The van der Waals surface area contributed by atoms with Gasteiger partial charge < -0.3 is 4.74 Å². The summed E-state index contributed by atoms with van der Waals surface area (Å²) in [5.74, 6) is 1.60. The van der Waals surface area contributed by atoms with Crippen LogP contribution < -0.4 is 4.74 Å². The molecule has 1 heterocycles. The highest BCUT2D eigenvalue weighted by atomic mass is 35.5. The largest absolute Gasteiger partial charge is 0.497 e. The van der Waals surface area contributed by atoms with Crippen molar-refractivity contribution in [2.75, 3.05) is 7.11 Å². The number of thioether (sulfide) groups is 1. The van der Waals surface area contributed by atoms with Gasteiger partial charge in [0.15, 0.2) is 0 Å². The van der Waals surface area contributed by atoms with Crippen LogP contribution in [0.4, 0.5) is 0 Å². The number of pyridine rings is 1. The van der Waals surface area contributed by atoms with E-state index in [2.05, 4.69) is 11.1 Å². The number of halogens is 1. The number of aryl methyl sites for hydroxylation is 1. The second-order valence-corrected chi connectivity index (χ2v) is 5.55. The first kappa shape index (κ1) is 14.7. The van der Waals surface area contributed by atoms with Gasteiger partial charge in [-0.3, -0.25) is 0 Å². The number of nitriles is 1. The van der Waals surface area contributed by atoms with Crippen LogP contribution in [0.15, 0.2) is 35.2 Å². The third kappa shape index (κ3) is 3.44. The van der Waals surface area contributed by atoms with E-state index >= 15 is 0 Å². The Kier molecular flexibility index (Phi) is 4.89. The van der Waals surface area contributed by atoms with Crippen molar-refractivity contribution in [3.63, 3.8) is 0 Å². The van der Waals surface area contributed by atoms with Gasteiger partial charge >= 0.3 is 0 Å². The van der Waals surface area contributed by atoms with Gasteiger partial charge in [0, 0.05) is 16.3 Å². The van der Waals surface area contributed by atoms with E-state index in [1.54, 1.807) is 18.9 Å².